The highest BCUT2D eigenvalue weighted by molar-refractivity contribution is 7.22. The molecule has 1 fully saturated rings. The van der Waals surface area contributed by atoms with Crippen LogP contribution in [-0.4, -0.2) is 28.4 Å². The molecule has 1 N–H and O–H groups in total. The zero-order valence-electron chi connectivity index (χ0n) is 21.9. The maximum Gasteiger partial charge on any atom is 0.301 e. The largest absolute Gasteiger partial charge is 0.507 e. The van der Waals surface area contributed by atoms with Crippen LogP contribution in [0.15, 0.2) is 72.3 Å². The molecule has 1 aliphatic rings. The van der Waals surface area contributed by atoms with Gasteiger partial charge in [0.2, 0.25) is 0 Å². The first-order chi connectivity index (χ1) is 18.3. The summed E-state index contributed by atoms with van der Waals surface area (Å²) in [4.78, 5) is 33.2. The average molecular weight is 527 g/mol. The molecule has 1 aliphatic heterocycles. The van der Waals surface area contributed by atoms with E-state index in [1.165, 1.54) is 21.8 Å². The lowest BCUT2D eigenvalue weighted by molar-refractivity contribution is -0.132. The number of ether oxygens (including phenoxy) is 1. The van der Waals surface area contributed by atoms with Crippen LogP contribution in [0.2, 0.25) is 0 Å². The average Bonchev–Trinajstić information content (AvgIpc) is 3.46. The molecule has 38 heavy (non-hydrogen) atoms. The monoisotopic (exact) mass is 526 g/mol. The third kappa shape index (κ3) is 4.58. The van der Waals surface area contributed by atoms with E-state index in [0.717, 1.165) is 27.8 Å². The maximum absolute atomic E-state index is 13.5. The van der Waals surface area contributed by atoms with E-state index in [9.17, 15) is 14.7 Å². The Bertz CT molecular complexity index is 1530. The summed E-state index contributed by atoms with van der Waals surface area (Å²) in [5, 5.41) is 11.8. The van der Waals surface area contributed by atoms with E-state index in [1.807, 2.05) is 43.3 Å². The molecule has 0 radical (unpaired) electrons. The van der Waals surface area contributed by atoms with Gasteiger partial charge in [-0.1, -0.05) is 62.4 Å². The number of thiazole rings is 1. The van der Waals surface area contributed by atoms with E-state index in [2.05, 4.69) is 26.8 Å². The fourth-order valence-corrected chi connectivity index (χ4v) is 5.78. The second-order valence-corrected chi connectivity index (χ2v) is 10.6. The molecule has 194 valence electrons. The summed E-state index contributed by atoms with van der Waals surface area (Å²) in [7, 11) is 0. The molecule has 5 rings (SSSR count). The van der Waals surface area contributed by atoms with Crippen LogP contribution < -0.4 is 9.64 Å². The smallest absolute Gasteiger partial charge is 0.301 e. The van der Waals surface area contributed by atoms with Crippen LogP contribution in [0.5, 0.6) is 5.75 Å². The number of benzene rings is 3. The van der Waals surface area contributed by atoms with Gasteiger partial charge in [0, 0.05) is 5.56 Å². The molecule has 0 unspecified atom stereocenters. The van der Waals surface area contributed by atoms with Gasteiger partial charge in [0.15, 0.2) is 5.13 Å². The first-order valence-electron chi connectivity index (χ1n) is 12.9. The Labute approximate surface area is 226 Å². The van der Waals surface area contributed by atoms with E-state index >= 15 is 0 Å². The molecule has 0 spiro atoms. The molecule has 1 amide bonds. The number of rotatable bonds is 7. The van der Waals surface area contributed by atoms with Gasteiger partial charge in [-0.3, -0.25) is 14.5 Å². The Morgan fingerprint density at radius 2 is 1.74 bits per heavy atom. The molecule has 0 bridgehead atoms. The van der Waals surface area contributed by atoms with Crippen LogP contribution in [0.3, 0.4) is 0 Å². The van der Waals surface area contributed by atoms with Crippen LogP contribution in [-0.2, 0) is 16.0 Å². The van der Waals surface area contributed by atoms with Crippen molar-refractivity contribution >= 4 is 44.1 Å². The summed E-state index contributed by atoms with van der Waals surface area (Å²) in [6.45, 7) is 8.72. The zero-order valence-corrected chi connectivity index (χ0v) is 22.7. The number of ketones is 1. The van der Waals surface area contributed by atoms with E-state index in [0.29, 0.717) is 29.0 Å². The minimum absolute atomic E-state index is 0.0463. The molecule has 1 aromatic heterocycles. The number of fused-ring (bicyclic) bond motifs is 1. The minimum atomic E-state index is -0.811. The van der Waals surface area contributed by atoms with Gasteiger partial charge >= 0.3 is 5.91 Å². The lowest BCUT2D eigenvalue weighted by Crippen LogP contribution is -2.29. The molecule has 1 atom stereocenters. The van der Waals surface area contributed by atoms with Gasteiger partial charge in [0.05, 0.1) is 28.4 Å². The van der Waals surface area contributed by atoms with Gasteiger partial charge in [-0.2, -0.15) is 0 Å². The van der Waals surface area contributed by atoms with Crippen molar-refractivity contribution in [3.8, 4) is 5.75 Å². The highest BCUT2D eigenvalue weighted by Crippen LogP contribution is 2.44. The van der Waals surface area contributed by atoms with Crippen LogP contribution in [0.25, 0.3) is 16.0 Å². The van der Waals surface area contributed by atoms with Crippen molar-refractivity contribution in [2.24, 2.45) is 0 Å². The first-order valence-corrected chi connectivity index (χ1v) is 13.7. The van der Waals surface area contributed by atoms with E-state index in [4.69, 9.17) is 9.72 Å². The molecule has 4 aromatic rings. The Hall–Kier alpha value is -3.97. The molecular formula is C31H30N2O4S. The van der Waals surface area contributed by atoms with Crippen molar-refractivity contribution in [3.05, 3.63) is 94.6 Å². The SMILES string of the molecule is CCOc1ccc(/C(O)=C2\C(=O)C(=O)N(c3nc4ccc(CC)cc4s3)[C@H]2c2ccc(C(C)C)cc2)cc1. The predicted octanol–water partition coefficient (Wildman–Crippen LogP) is 7.01. The number of carbonyl (C=O) groups excluding carboxylic acids is 2. The van der Waals surface area contributed by atoms with Gasteiger partial charge < -0.3 is 9.84 Å². The van der Waals surface area contributed by atoms with E-state index in [-0.39, 0.29) is 11.3 Å². The minimum Gasteiger partial charge on any atom is -0.507 e. The molecule has 0 saturated carbocycles. The van der Waals surface area contributed by atoms with Crippen molar-refractivity contribution in [2.75, 3.05) is 11.5 Å². The highest BCUT2D eigenvalue weighted by Gasteiger charge is 2.48. The Balaban J connectivity index is 1.67. The summed E-state index contributed by atoms with van der Waals surface area (Å²) in [5.41, 5.74) is 4.30. The highest BCUT2D eigenvalue weighted by atomic mass is 32.1. The number of nitrogens with zero attached hydrogens (tertiary/aromatic N) is 2. The molecule has 2 heterocycles. The molecule has 1 saturated heterocycles. The molecular weight excluding hydrogens is 496 g/mol. The Morgan fingerprint density at radius 3 is 2.37 bits per heavy atom. The third-order valence-corrected chi connectivity index (χ3v) is 7.88. The van der Waals surface area contributed by atoms with Crippen LogP contribution >= 0.6 is 11.3 Å². The predicted molar refractivity (Wildman–Crippen MR) is 152 cm³/mol. The lowest BCUT2D eigenvalue weighted by atomic mass is 9.93. The number of carbonyl (C=O) groups is 2. The quantitative estimate of drug-likeness (QED) is 0.159. The molecule has 6 nitrogen and oxygen atoms in total. The maximum atomic E-state index is 13.5. The summed E-state index contributed by atoms with van der Waals surface area (Å²) in [5.74, 6) is -0.670. The second-order valence-electron chi connectivity index (χ2n) is 9.60. The number of Topliss-reactive ketones (excluding diaryl/α,β-unsaturated/α-hetero) is 1. The van der Waals surface area contributed by atoms with Crippen molar-refractivity contribution in [2.45, 2.75) is 46.1 Å². The number of anilines is 1. The number of aliphatic hydroxyl groups is 1. The lowest BCUT2D eigenvalue weighted by Gasteiger charge is -2.23. The Morgan fingerprint density at radius 1 is 1.03 bits per heavy atom. The number of amides is 1. The second kappa shape index (κ2) is 10.4. The van der Waals surface area contributed by atoms with Crippen molar-refractivity contribution in [1.29, 1.82) is 0 Å². The van der Waals surface area contributed by atoms with Gasteiger partial charge in [0.25, 0.3) is 5.78 Å². The first kappa shape index (κ1) is 25.7. The molecule has 3 aromatic carbocycles. The fraction of sp³-hybridized carbons (Fsp3) is 0.258. The number of hydrogen-bond acceptors (Lipinski definition) is 6. The van der Waals surface area contributed by atoms with Crippen molar-refractivity contribution in [3.63, 3.8) is 0 Å². The Kier molecular flexibility index (Phi) is 7.04. The molecule has 7 heteroatoms. The normalized spacial score (nSPS) is 17.1. The third-order valence-electron chi connectivity index (χ3n) is 6.86. The number of aromatic nitrogens is 1. The van der Waals surface area contributed by atoms with Crippen LogP contribution in [0, 0.1) is 0 Å². The van der Waals surface area contributed by atoms with E-state index in [1.54, 1.807) is 24.3 Å². The summed E-state index contributed by atoms with van der Waals surface area (Å²) in [6, 6.07) is 19.9. The fourth-order valence-electron chi connectivity index (χ4n) is 4.72. The van der Waals surface area contributed by atoms with Gasteiger partial charge in [0.1, 0.15) is 11.5 Å². The van der Waals surface area contributed by atoms with Gasteiger partial charge in [-0.05, 0) is 72.4 Å². The van der Waals surface area contributed by atoms with Gasteiger partial charge in [-0.25, -0.2) is 4.98 Å². The summed E-state index contributed by atoms with van der Waals surface area (Å²) >= 11 is 1.37. The standard InChI is InChI=1S/C31H30N2O4S/c1-5-19-7-16-24-25(17-19)38-31(32-24)33-27(21-10-8-20(9-11-21)18(3)4)26(29(35)30(33)36)28(34)22-12-14-23(15-13-22)37-6-2/h7-18,27,34H,5-6H2,1-4H3/b28-26+/t27-/m0/s1. The number of aryl methyl sites for hydroxylation is 1. The summed E-state index contributed by atoms with van der Waals surface area (Å²) in [6.07, 6.45) is 0.887. The topological polar surface area (TPSA) is 79.7 Å². The van der Waals surface area contributed by atoms with Gasteiger partial charge in [-0.15, -0.1) is 0 Å². The van der Waals surface area contributed by atoms with Crippen LogP contribution in [0.4, 0.5) is 5.13 Å². The van der Waals surface area contributed by atoms with E-state index < -0.39 is 17.7 Å². The number of hydrogen-bond donors (Lipinski definition) is 1. The summed E-state index contributed by atoms with van der Waals surface area (Å²) < 4.78 is 6.46. The van der Waals surface area contributed by atoms with Crippen LogP contribution in [0.1, 0.15) is 61.9 Å². The number of aliphatic hydroxyl groups excluding tert-OH is 1. The van der Waals surface area contributed by atoms with Crippen molar-refractivity contribution < 1.29 is 19.4 Å². The molecule has 0 aliphatic carbocycles. The zero-order chi connectivity index (χ0) is 27.0. The van der Waals surface area contributed by atoms with Crippen molar-refractivity contribution in [1.82, 2.24) is 4.98 Å².